The van der Waals surface area contributed by atoms with Gasteiger partial charge in [-0.2, -0.15) is 10.1 Å². The Morgan fingerprint density at radius 2 is 2.12 bits per heavy atom. The van der Waals surface area contributed by atoms with Crippen molar-refractivity contribution >= 4 is 27.8 Å². The van der Waals surface area contributed by atoms with Crippen molar-refractivity contribution in [2.75, 3.05) is 0 Å². The second-order valence-corrected chi connectivity index (χ2v) is 3.72. The summed E-state index contributed by atoms with van der Waals surface area (Å²) < 4.78 is 1.16. The maximum Gasteiger partial charge on any atom is 0.365 e. The van der Waals surface area contributed by atoms with Gasteiger partial charge in [-0.3, -0.25) is 0 Å². The summed E-state index contributed by atoms with van der Waals surface area (Å²) in [4.78, 5) is 18.8. The van der Waals surface area contributed by atoms with E-state index >= 15 is 0 Å². The van der Waals surface area contributed by atoms with E-state index in [2.05, 4.69) is 25.3 Å². The maximum absolute atomic E-state index is 11.4. The van der Waals surface area contributed by atoms with Gasteiger partial charge in [0.05, 0.1) is 0 Å². The molecule has 0 aliphatic heterocycles. The lowest BCUT2D eigenvalue weighted by Gasteiger charge is -1.90. The Morgan fingerprint density at radius 1 is 1.24 bits per heavy atom. The molecule has 0 amide bonds. The van der Waals surface area contributed by atoms with Crippen molar-refractivity contribution in [3.8, 4) is 0 Å². The van der Waals surface area contributed by atoms with Gasteiger partial charge in [-0.05, 0) is 6.07 Å². The van der Waals surface area contributed by atoms with Crippen molar-refractivity contribution in [2.24, 2.45) is 0 Å². The van der Waals surface area contributed by atoms with Crippen LogP contribution in [0.2, 0.25) is 0 Å². The minimum atomic E-state index is -0.389. The number of para-hydroxylation sites is 1. The van der Waals surface area contributed by atoms with Gasteiger partial charge in [0.25, 0.3) is 5.78 Å². The summed E-state index contributed by atoms with van der Waals surface area (Å²) in [5.74, 6) is 0.258. The lowest BCUT2D eigenvalue weighted by molar-refractivity contribution is 0.891. The first-order valence-corrected chi connectivity index (χ1v) is 5.05. The molecule has 0 saturated carbocycles. The Balaban J connectivity index is 2.34. The second-order valence-electron chi connectivity index (χ2n) is 3.72. The average molecular weight is 226 g/mol. The Hall–Kier alpha value is -2.70. The van der Waals surface area contributed by atoms with Crippen LogP contribution < -0.4 is 5.69 Å². The van der Waals surface area contributed by atoms with E-state index in [9.17, 15) is 4.79 Å². The molecule has 82 valence electrons. The molecule has 2 N–H and O–H groups in total. The van der Waals surface area contributed by atoms with Crippen molar-refractivity contribution in [3.05, 3.63) is 34.7 Å². The normalized spacial score (nSPS) is 11.8. The molecule has 0 atom stereocenters. The smallest absolute Gasteiger partial charge is 0.338 e. The zero-order valence-electron chi connectivity index (χ0n) is 8.51. The molecule has 0 fully saturated rings. The lowest BCUT2D eigenvalue weighted by atomic mass is 10.2. The summed E-state index contributed by atoms with van der Waals surface area (Å²) in [5, 5.41) is 11.3. The molecule has 0 aliphatic rings. The van der Waals surface area contributed by atoms with Crippen molar-refractivity contribution in [1.29, 1.82) is 0 Å². The molecular formula is C10H6N6O. The molecule has 0 saturated heterocycles. The number of aromatic nitrogens is 6. The SMILES string of the molecule is O=c1[nH]nc2nc3[nH]c4ccccc4c3nn12. The van der Waals surface area contributed by atoms with Gasteiger partial charge in [-0.25, -0.2) is 9.89 Å². The molecule has 17 heavy (non-hydrogen) atoms. The summed E-state index contributed by atoms with van der Waals surface area (Å²) in [6, 6.07) is 7.71. The molecule has 0 radical (unpaired) electrons. The summed E-state index contributed by atoms with van der Waals surface area (Å²) in [6.07, 6.45) is 0. The highest BCUT2D eigenvalue weighted by molar-refractivity contribution is 6.03. The fourth-order valence-corrected chi connectivity index (χ4v) is 1.94. The topological polar surface area (TPSA) is 91.7 Å². The van der Waals surface area contributed by atoms with Crippen molar-refractivity contribution < 1.29 is 0 Å². The third-order valence-electron chi connectivity index (χ3n) is 2.70. The largest absolute Gasteiger partial charge is 0.365 e. The van der Waals surface area contributed by atoms with Crippen LogP contribution in [0.15, 0.2) is 29.1 Å². The summed E-state index contributed by atoms with van der Waals surface area (Å²) in [5.41, 5.74) is 1.83. The van der Waals surface area contributed by atoms with E-state index in [1.807, 2.05) is 24.3 Å². The molecule has 3 aromatic heterocycles. The lowest BCUT2D eigenvalue weighted by Crippen LogP contribution is -2.12. The standard InChI is InChI=1S/C10H6N6O/c17-10-14-13-9-12-8-7(15-16(9)10)5-3-1-2-4-6(5)11-8/h1-4H,(H,14,17)(H,11,12,13). The third-order valence-corrected chi connectivity index (χ3v) is 2.70. The molecule has 4 rings (SSSR count). The van der Waals surface area contributed by atoms with Crippen LogP contribution in [-0.2, 0) is 0 Å². The molecule has 4 aromatic rings. The van der Waals surface area contributed by atoms with Gasteiger partial charge in [-0.15, -0.1) is 9.61 Å². The van der Waals surface area contributed by atoms with Crippen LogP contribution in [0.25, 0.3) is 27.8 Å². The van der Waals surface area contributed by atoms with Crippen LogP contribution in [0.5, 0.6) is 0 Å². The van der Waals surface area contributed by atoms with E-state index in [-0.39, 0.29) is 11.5 Å². The van der Waals surface area contributed by atoms with Crippen molar-refractivity contribution in [1.82, 2.24) is 29.8 Å². The number of nitrogens with one attached hydrogen (secondary N) is 2. The Bertz CT molecular complexity index is 915. The van der Waals surface area contributed by atoms with E-state index < -0.39 is 0 Å². The highest BCUT2D eigenvalue weighted by atomic mass is 16.2. The zero-order chi connectivity index (χ0) is 11.4. The first kappa shape index (κ1) is 8.45. The minimum absolute atomic E-state index is 0.258. The predicted molar refractivity (Wildman–Crippen MR) is 60.8 cm³/mol. The molecule has 0 bridgehead atoms. The summed E-state index contributed by atoms with van der Waals surface area (Å²) >= 11 is 0. The number of H-pyrrole nitrogens is 2. The molecule has 7 nitrogen and oxygen atoms in total. The number of aromatic amines is 2. The highest BCUT2D eigenvalue weighted by Gasteiger charge is 2.10. The van der Waals surface area contributed by atoms with Gasteiger partial charge in [0.2, 0.25) is 0 Å². The van der Waals surface area contributed by atoms with Crippen LogP contribution in [0.1, 0.15) is 0 Å². The highest BCUT2D eigenvalue weighted by Crippen LogP contribution is 2.21. The first-order valence-electron chi connectivity index (χ1n) is 5.05. The van der Waals surface area contributed by atoms with Crippen molar-refractivity contribution in [3.63, 3.8) is 0 Å². The van der Waals surface area contributed by atoms with Gasteiger partial charge in [0.15, 0.2) is 5.65 Å². The molecule has 0 spiro atoms. The van der Waals surface area contributed by atoms with Crippen molar-refractivity contribution in [2.45, 2.75) is 0 Å². The maximum atomic E-state index is 11.4. The molecule has 7 heteroatoms. The van der Waals surface area contributed by atoms with Gasteiger partial charge in [-0.1, -0.05) is 18.2 Å². The van der Waals surface area contributed by atoms with E-state index in [1.165, 1.54) is 0 Å². The van der Waals surface area contributed by atoms with E-state index in [1.54, 1.807) is 0 Å². The predicted octanol–water partition coefficient (Wildman–Crippen LogP) is 0.447. The summed E-state index contributed by atoms with van der Waals surface area (Å²) in [6.45, 7) is 0. The Morgan fingerprint density at radius 3 is 3.06 bits per heavy atom. The molecule has 0 aliphatic carbocycles. The van der Waals surface area contributed by atoms with Gasteiger partial charge < -0.3 is 4.98 Å². The average Bonchev–Trinajstić information content (AvgIpc) is 2.88. The number of rotatable bonds is 0. The number of benzene rings is 1. The number of fused-ring (bicyclic) bond motifs is 4. The minimum Gasteiger partial charge on any atom is -0.338 e. The van der Waals surface area contributed by atoms with E-state index in [0.717, 1.165) is 15.4 Å². The van der Waals surface area contributed by atoms with Gasteiger partial charge >= 0.3 is 5.69 Å². The first-order chi connectivity index (χ1) is 8.33. The quantitative estimate of drug-likeness (QED) is 0.455. The Kier molecular flexibility index (Phi) is 1.34. The summed E-state index contributed by atoms with van der Waals surface area (Å²) in [7, 11) is 0. The number of hydrogen-bond donors (Lipinski definition) is 2. The molecule has 3 heterocycles. The molecule has 0 unspecified atom stereocenters. The van der Waals surface area contributed by atoms with Gasteiger partial charge in [0, 0.05) is 10.9 Å². The second kappa shape index (κ2) is 2.70. The fraction of sp³-hybridized carbons (Fsp3) is 0. The van der Waals surface area contributed by atoms with Gasteiger partial charge in [0.1, 0.15) is 5.52 Å². The van der Waals surface area contributed by atoms with E-state index in [0.29, 0.717) is 11.2 Å². The fourth-order valence-electron chi connectivity index (χ4n) is 1.94. The molecule has 1 aromatic carbocycles. The number of hydrogen-bond acceptors (Lipinski definition) is 4. The van der Waals surface area contributed by atoms with E-state index in [4.69, 9.17) is 0 Å². The van der Waals surface area contributed by atoms with Crippen LogP contribution in [0.4, 0.5) is 0 Å². The van der Waals surface area contributed by atoms with Crippen LogP contribution in [0, 0.1) is 0 Å². The zero-order valence-corrected chi connectivity index (χ0v) is 8.51. The Labute approximate surface area is 93.1 Å². The number of nitrogens with zero attached hydrogens (tertiary/aromatic N) is 4. The van der Waals surface area contributed by atoms with Crippen LogP contribution in [0.3, 0.4) is 0 Å². The third kappa shape index (κ3) is 0.996. The van der Waals surface area contributed by atoms with Crippen LogP contribution >= 0.6 is 0 Å². The van der Waals surface area contributed by atoms with Crippen LogP contribution in [-0.4, -0.2) is 29.8 Å². The monoisotopic (exact) mass is 226 g/mol. The molecular weight excluding hydrogens is 220 g/mol.